The van der Waals surface area contributed by atoms with E-state index in [4.69, 9.17) is 10.5 Å². The Kier molecular flexibility index (Phi) is 5.63. The second-order valence-electron chi connectivity index (χ2n) is 4.04. The van der Waals surface area contributed by atoms with Gasteiger partial charge in [-0.25, -0.2) is 0 Å². The van der Waals surface area contributed by atoms with Crippen molar-refractivity contribution in [1.29, 1.82) is 0 Å². The first-order valence-corrected chi connectivity index (χ1v) is 6.01. The van der Waals surface area contributed by atoms with Crippen LogP contribution in [0.3, 0.4) is 0 Å². The number of nitrogens with two attached hydrogens (primary N) is 1. The molecule has 0 aliphatic heterocycles. The predicted molar refractivity (Wildman–Crippen MR) is 67.2 cm³/mol. The molecule has 0 bridgehead atoms. The molecule has 0 radical (unpaired) electrons. The van der Waals surface area contributed by atoms with Crippen molar-refractivity contribution in [2.45, 2.75) is 26.7 Å². The van der Waals surface area contributed by atoms with E-state index in [1.807, 2.05) is 13.8 Å². The van der Waals surface area contributed by atoms with Crippen molar-refractivity contribution in [3.63, 3.8) is 0 Å². The summed E-state index contributed by atoms with van der Waals surface area (Å²) in [5.41, 5.74) is 6.05. The number of nitrogens with zero attached hydrogens (tertiary/aromatic N) is 1. The summed E-state index contributed by atoms with van der Waals surface area (Å²) in [5, 5.41) is 0. The van der Waals surface area contributed by atoms with E-state index in [0.29, 0.717) is 24.5 Å². The summed E-state index contributed by atoms with van der Waals surface area (Å²) in [6.45, 7) is 5.01. The molecule has 0 aromatic carbocycles. The summed E-state index contributed by atoms with van der Waals surface area (Å²) >= 11 is 0. The van der Waals surface area contributed by atoms with Crippen LogP contribution in [0.5, 0.6) is 5.75 Å². The molecular weight excluding hydrogens is 216 g/mol. The van der Waals surface area contributed by atoms with E-state index < -0.39 is 0 Å². The summed E-state index contributed by atoms with van der Waals surface area (Å²) in [6.07, 6.45) is 4.88. The molecule has 0 amide bonds. The molecule has 2 N–H and O–H groups in total. The van der Waals surface area contributed by atoms with Gasteiger partial charge in [-0.3, -0.25) is 9.78 Å². The number of Topliss-reactive ketones (excluding diaryl/α,β-unsaturated/α-hetero) is 1. The maximum atomic E-state index is 12.1. The fourth-order valence-electron chi connectivity index (χ4n) is 1.64. The number of carbonyl (C=O) groups is 1. The Morgan fingerprint density at radius 3 is 2.94 bits per heavy atom. The third-order valence-corrected chi connectivity index (χ3v) is 2.60. The van der Waals surface area contributed by atoms with Crippen LogP contribution in [0, 0.1) is 5.92 Å². The van der Waals surface area contributed by atoms with Gasteiger partial charge in [0.2, 0.25) is 0 Å². The Morgan fingerprint density at radius 1 is 1.53 bits per heavy atom. The molecule has 0 aliphatic carbocycles. The molecule has 94 valence electrons. The summed E-state index contributed by atoms with van der Waals surface area (Å²) in [7, 11) is 0. The van der Waals surface area contributed by atoms with Crippen molar-refractivity contribution in [3.05, 3.63) is 24.0 Å². The smallest absolute Gasteiger partial charge is 0.167 e. The number of ether oxygens (including phenoxy) is 1. The second kappa shape index (κ2) is 7.01. The largest absolute Gasteiger partial charge is 0.492 e. The first kappa shape index (κ1) is 13.6. The SMILES string of the molecule is CCOc1cncc(C(=O)C(C)CCCN)c1. The van der Waals surface area contributed by atoms with Gasteiger partial charge >= 0.3 is 0 Å². The molecule has 1 aromatic heterocycles. The highest BCUT2D eigenvalue weighted by molar-refractivity contribution is 5.97. The zero-order chi connectivity index (χ0) is 12.7. The third kappa shape index (κ3) is 4.15. The van der Waals surface area contributed by atoms with Gasteiger partial charge in [-0.1, -0.05) is 6.92 Å². The lowest BCUT2D eigenvalue weighted by molar-refractivity contribution is 0.0922. The van der Waals surface area contributed by atoms with Crippen molar-refractivity contribution < 1.29 is 9.53 Å². The Bertz CT molecular complexity index is 366. The number of hydrogen-bond donors (Lipinski definition) is 1. The molecule has 0 aliphatic rings. The van der Waals surface area contributed by atoms with E-state index in [1.54, 1.807) is 18.5 Å². The molecular formula is C13H20N2O2. The normalized spacial score (nSPS) is 12.2. The highest BCUT2D eigenvalue weighted by Crippen LogP contribution is 2.17. The summed E-state index contributed by atoms with van der Waals surface area (Å²) < 4.78 is 5.32. The number of carbonyl (C=O) groups excluding carboxylic acids is 1. The third-order valence-electron chi connectivity index (χ3n) is 2.60. The monoisotopic (exact) mass is 236 g/mol. The fraction of sp³-hybridized carbons (Fsp3) is 0.538. The number of hydrogen-bond acceptors (Lipinski definition) is 4. The van der Waals surface area contributed by atoms with Crippen LogP contribution in [-0.4, -0.2) is 23.9 Å². The average molecular weight is 236 g/mol. The van der Waals surface area contributed by atoms with Gasteiger partial charge in [0.1, 0.15) is 5.75 Å². The molecule has 0 saturated heterocycles. The molecule has 1 atom stereocenters. The molecule has 0 spiro atoms. The van der Waals surface area contributed by atoms with E-state index in [1.165, 1.54) is 0 Å². The second-order valence-corrected chi connectivity index (χ2v) is 4.04. The van der Waals surface area contributed by atoms with E-state index in [-0.39, 0.29) is 11.7 Å². The molecule has 0 saturated carbocycles. The van der Waals surface area contributed by atoms with Gasteiger partial charge in [0.15, 0.2) is 5.78 Å². The van der Waals surface area contributed by atoms with Crippen LogP contribution in [0.2, 0.25) is 0 Å². The van der Waals surface area contributed by atoms with E-state index >= 15 is 0 Å². The maximum Gasteiger partial charge on any atom is 0.167 e. The van der Waals surface area contributed by atoms with Crippen LogP contribution in [0.1, 0.15) is 37.0 Å². The first-order chi connectivity index (χ1) is 8.19. The minimum atomic E-state index is -0.0165. The van der Waals surface area contributed by atoms with Crippen LogP contribution in [0.25, 0.3) is 0 Å². The van der Waals surface area contributed by atoms with E-state index in [9.17, 15) is 4.79 Å². The summed E-state index contributed by atoms with van der Waals surface area (Å²) in [5.74, 6) is 0.731. The number of pyridine rings is 1. The van der Waals surface area contributed by atoms with Crippen molar-refractivity contribution in [1.82, 2.24) is 4.98 Å². The first-order valence-electron chi connectivity index (χ1n) is 6.01. The number of ketones is 1. The topological polar surface area (TPSA) is 65.2 Å². The number of aromatic nitrogens is 1. The molecule has 1 rings (SSSR count). The van der Waals surface area contributed by atoms with Gasteiger partial charge in [0.05, 0.1) is 12.8 Å². The zero-order valence-corrected chi connectivity index (χ0v) is 10.5. The maximum absolute atomic E-state index is 12.1. The highest BCUT2D eigenvalue weighted by atomic mass is 16.5. The van der Waals surface area contributed by atoms with Crippen LogP contribution >= 0.6 is 0 Å². The Morgan fingerprint density at radius 2 is 2.29 bits per heavy atom. The van der Waals surface area contributed by atoms with Gasteiger partial charge in [-0.2, -0.15) is 0 Å². The minimum Gasteiger partial charge on any atom is -0.492 e. The molecule has 1 aromatic rings. The Hall–Kier alpha value is -1.42. The van der Waals surface area contributed by atoms with Crippen LogP contribution in [-0.2, 0) is 0 Å². The van der Waals surface area contributed by atoms with Gasteiger partial charge in [0, 0.05) is 17.7 Å². The van der Waals surface area contributed by atoms with Crippen molar-refractivity contribution in [3.8, 4) is 5.75 Å². The highest BCUT2D eigenvalue weighted by Gasteiger charge is 2.15. The lowest BCUT2D eigenvalue weighted by Gasteiger charge is -2.10. The Labute approximate surface area is 102 Å². The fourth-order valence-corrected chi connectivity index (χ4v) is 1.64. The molecule has 17 heavy (non-hydrogen) atoms. The van der Waals surface area contributed by atoms with Gasteiger partial charge in [-0.15, -0.1) is 0 Å². The number of rotatable bonds is 7. The van der Waals surface area contributed by atoms with E-state index in [2.05, 4.69) is 4.98 Å². The van der Waals surface area contributed by atoms with Crippen molar-refractivity contribution in [2.75, 3.05) is 13.2 Å². The van der Waals surface area contributed by atoms with E-state index in [0.717, 1.165) is 12.8 Å². The lowest BCUT2D eigenvalue weighted by atomic mass is 9.96. The zero-order valence-electron chi connectivity index (χ0n) is 10.5. The van der Waals surface area contributed by atoms with Crippen LogP contribution in [0.4, 0.5) is 0 Å². The lowest BCUT2D eigenvalue weighted by Crippen LogP contribution is -2.13. The van der Waals surface area contributed by atoms with Gasteiger partial charge in [0.25, 0.3) is 0 Å². The molecule has 4 nitrogen and oxygen atoms in total. The van der Waals surface area contributed by atoms with Crippen LogP contribution < -0.4 is 10.5 Å². The predicted octanol–water partition coefficient (Wildman–Crippen LogP) is 2.04. The molecule has 1 unspecified atom stereocenters. The van der Waals surface area contributed by atoms with Crippen molar-refractivity contribution >= 4 is 5.78 Å². The summed E-state index contributed by atoms with van der Waals surface area (Å²) in [6, 6.07) is 1.75. The molecule has 1 heterocycles. The molecule has 0 fully saturated rings. The minimum absolute atomic E-state index is 0.0165. The van der Waals surface area contributed by atoms with Gasteiger partial charge < -0.3 is 10.5 Å². The summed E-state index contributed by atoms with van der Waals surface area (Å²) in [4.78, 5) is 16.1. The van der Waals surface area contributed by atoms with Crippen molar-refractivity contribution in [2.24, 2.45) is 11.7 Å². The standard InChI is InChI=1S/C13H20N2O2/c1-3-17-12-7-11(8-15-9-12)13(16)10(2)5-4-6-14/h7-10H,3-6,14H2,1-2H3. The van der Waals surface area contributed by atoms with Gasteiger partial charge in [-0.05, 0) is 32.4 Å². The van der Waals surface area contributed by atoms with Crippen LogP contribution in [0.15, 0.2) is 18.5 Å². The average Bonchev–Trinajstić information content (AvgIpc) is 2.35. The molecule has 4 heteroatoms. The quantitative estimate of drug-likeness (QED) is 0.736. The Balaban J connectivity index is 2.70.